The molecule has 0 amide bonds. The largest absolute Gasteiger partial charge is 0.316 e. The van der Waals surface area contributed by atoms with Gasteiger partial charge in [-0.2, -0.15) is 5.10 Å². The third kappa shape index (κ3) is 2.15. The normalized spacial score (nSPS) is 22.6. The topological polar surface area (TPSA) is 29.9 Å². The maximum absolute atomic E-state index is 4.37. The molecule has 0 bridgehead atoms. The lowest BCUT2D eigenvalue weighted by molar-refractivity contribution is 0.369. The van der Waals surface area contributed by atoms with E-state index in [1.54, 1.807) is 0 Å². The highest BCUT2D eigenvalue weighted by Crippen LogP contribution is 2.16. The Morgan fingerprint density at radius 1 is 1.64 bits per heavy atom. The summed E-state index contributed by atoms with van der Waals surface area (Å²) in [5.41, 5.74) is 2.50. The van der Waals surface area contributed by atoms with Gasteiger partial charge < -0.3 is 5.32 Å². The third-order valence-corrected chi connectivity index (χ3v) is 3.00. The van der Waals surface area contributed by atoms with Crippen LogP contribution in [-0.4, -0.2) is 22.9 Å². The zero-order valence-electron chi connectivity index (χ0n) is 9.08. The standard InChI is InChI=1S/C11H19N3/c1-9-6-11(14(2)13-9)7-10-4-3-5-12-8-10/h6,10,12H,3-5,7-8H2,1-2H3. The zero-order chi connectivity index (χ0) is 9.97. The number of aryl methyl sites for hydroxylation is 2. The summed E-state index contributed by atoms with van der Waals surface area (Å²) in [5, 5.41) is 7.82. The Morgan fingerprint density at radius 3 is 3.07 bits per heavy atom. The van der Waals surface area contributed by atoms with Crippen LogP contribution in [0.5, 0.6) is 0 Å². The molecular weight excluding hydrogens is 174 g/mol. The van der Waals surface area contributed by atoms with E-state index < -0.39 is 0 Å². The average molecular weight is 193 g/mol. The molecule has 2 heterocycles. The van der Waals surface area contributed by atoms with Crippen LogP contribution < -0.4 is 5.32 Å². The molecular formula is C11H19N3. The minimum absolute atomic E-state index is 0.804. The van der Waals surface area contributed by atoms with Crippen molar-refractivity contribution in [2.45, 2.75) is 26.2 Å². The van der Waals surface area contributed by atoms with Gasteiger partial charge in [-0.15, -0.1) is 0 Å². The van der Waals surface area contributed by atoms with Gasteiger partial charge in [0.2, 0.25) is 0 Å². The molecule has 0 spiro atoms. The van der Waals surface area contributed by atoms with Crippen LogP contribution in [0, 0.1) is 12.8 Å². The van der Waals surface area contributed by atoms with E-state index in [0.717, 1.165) is 11.6 Å². The van der Waals surface area contributed by atoms with Crippen molar-refractivity contribution in [2.75, 3.05) is 13.1 Å². The molecule has 0 aromatic carbocycles. The molecule has 1 aliphatic heterocycles. The second-order valence-corrected chi connectivity index (χ2v) is 4.32. The number of piperidine rings is 1. The van der Waals surface area contributed by atoms with E-state index in [4.69, 9.17) is 0 Å². The van der Waals surface area contributed by atoms with Gasteiger partial charge >= 0.3 is 0 Å². The summed E-state index contributed by atoms with van der Waals surface area (Å²) >= 11 is 0. The molecule has 1 N–H and O–H groups in total. The lowest BCUT2D eigenvalue weighted by Crippen LogP contribution is -2.31. The number of aromatic nitrogens is 2. The Kier molecular flexibility index (Phi) is 2.87. The van der Waals surface area contributed by atoms with Crippen molar-refractivity contribution in [1.29, 1.82) is 0 Å². The quantitative estimate of drug-likeness (QED) is 0.766. The zero-order valence-corrected chi connectivity index (χ0v) is 9.08. The first-order valence-electron chi connectivity index (χ1n) is 5.46. The van der Waals surface area contributed by atoms with Crippen molar-refractivity contribution in [3.05, 3.63) is 17.5 Å². The Morgan fingerprint density at radius 2 is 2.50 bits per heavy atom. The molecule has 1 unspecified atom stereocenters. The molecule has 1 fully saturated rings. The molecule has 3 heteroatoms. The molecule has 1 atom stereocenters. The lowest BCUT2D eigenvalue weighted by Gasteiger charge is -2.22. The lowest BCUT2D eigenvalue weighted by atomic mass is 9.94. The first-order valence-corrected chi connectivity index (χ1v) is 5.46. The summed E-state index contributed by atoms with van der Waals surface area (Å²) < 4.78 is 2.02. The van der Waals surface area contributed by atoms with E-state index in [1.807, 2.05) is 11.7 Å². The van der Waals surface area contributed by atoms with E-state index in [9.17, 15) is 0 Å². The minimum Gasteiger partial charge on any atom is -0.316 e. The van der Waals surface area contributed by atoms with Crippen LogP contribution in [0.1, 0.15) is 24.2 Å². The summed E-state index contributed by atoms with van der Waals surface area (Å²) in [7, 11) is 2.04. The highest BCUT2D eigenvalue weighted by molar-refractivity contribution is 5.09. The molecule has 0 aliphatic carbocycles. The van der Waals surface area contributed by atoms with Crippen LogP contribution in [0.15, 0.2) is 6.07 Å². The van der Waals surface area contributed by atoms with Gasteiger partial charge in [0.05, 0.1) is 5.69 Å². The van der Waals surface area contributed by atoms with Crippen LogP contribution in [0.4, 0.5) is 0 Å². The summed E-state index contributed by atoms with van der Waals surface area (Å²) in [6.07, 6.45) is 3.85. The minimum atomic E-state index is 0.804. The Bertz CT molecular complexity index is 297. The van der Waals surface area contributed by atoms with Crippen LogP contribution in [-0.2, 0) is 13.5 Å². The maximum atomic E-state index is 4.37. The molecule has 1 aromatic rings. The Balaban J connectivity index is 1.98. The van der Waals surface area contributed by atoms with Crippen LogP contribution in [0.3, 0.4) is 0 Å². The predicted molar refractivity (Wildman–Crippen MR) is 57.2 cm³/mol. The van der Waals surface area contributed by atoms with Crippen LogP contribution in [0.25, 0.3) is 0 Å². The molecule has 0 saturated carbocycles. The van der Waals surface area contributed by atoms with Crippen molar-refractivity contribution >= 4 is 0 Å². The first kappa shape index (κ1) is 9.71. The molecule has 14 heavy (non-hydrogen) atoms. The van der Waals surface area contributed by atoms with Crippen LogP contribution >= 0.6 is 0 Å². The number of nitrogens with one attached hydrogen (secondary N) is 1. The fraction of sp³-hybridized carbons (Fsp3) is 0.727. The Labute approximate surface area is 85.5 Å². The third-order valence-electron chi connectivity index (χ3n) is 3.00. The van der Waals surface area contributed by atoms with Gasteiger partial charge in [-0.1, -0.05) is 0 Å². The van der Waals surface area contributed by atoms with E-state index in [0.29, 0.717) is 0 Å². The molecule has 1 aliphatic rings. The summed E-state index contributed by atoms with van der Waals surface area (Å²) in [6, 6.07) is 2.20. The number of hydrogen-bond donors (Lipinski definition) is 1. The first-order chi connectivity index (χ1) is 6.75. The van der Waals surface area contributed by atoms with Crippen LogP contribution in [0.2, 0.25) is 0 Å². The number of hydrogen-bond acceptors (Lipinski definition) is 2. The van der Waals surface area contributed by atoms with Gasteiger partial charge in [0.1, 0.15) is 0 Å². The van der Waals surface area contributed by atoms with Crippen molar-refractivity contribution in [2.24, 2.45) is 13.0 Å². The average Bonchev–Trinajstić information content (AvgIpc) is 2.47. The number of rotatable bonds is 2. The van der Waals surface area contributed by atoms with Gasteiger partial charge in [0.15, 0.2) is 0 Å². The van der Waals surface area contributed by atoms with Crippen molar-refractivity contribution in [3.8, 4) is 0 Å². The molecule has 1 aromatic heterocycles. The van der Waals surface area contributed by atoms with Gasteiger partial charge in [-0.3, -0.25) is 4.68 Å². The molecule has 78 valence electrons. The van der Waals surface area contributed by atoms with E-state index >= 15 is 0 Å². The summed E-state index contributed by atoms with van der Waals surface area (Å²) in [4.78, 5) is 0. The highest BCUT2D eigenvalue weighted by atomic mass is 15.3. The Hall–Kier alpha value is -0.830. The van der Waals surface area contributed by atoms with E-state index in [2.05, 4.69) is 23.4 Å². The van der Waals surface area contributed by atoms with Crippen molar-refractivity contribution in [3.63, 3.8) is 0 Å². The van der Waals surface area contributed by atoms with E-state index in [1.165, 1.54) is 38.0 Å². The van der Waals surface area contributed by atoms with Crippen molar-refractivity contribution in [1.82, 2.24) is 15.1 Å². The van der Waals surface area contributed by atoms with E-state index in [-0.39, 0.29) is 0 Å². The summed E-state index contributed by atoms with van der Waals surface area (Å²) in [5.74, 6) is 0.804. The molecule has 0 radical (unpaired) electrons. The highest BCUT2D eigenvalue weighted by Gasteiger charge is 2.15. The van der Waals surface area contributed by atoms with Crippen molar-refractivity contribution < 1.29 is 0 Å². The fourth-order valence-corrected chi connectivity index (χ4v) is 2.25. The molecule has 2 rings (SSSR count). The monoisotopic (exact) mass is 193 g/mol. The van der Waals surface area contributed by atoms with Gasteiger partial charge in [-0.05, 0) is 51.3 Å². The van der Waals surface area contributed by atoms with Gasteiger partial charge in [-0.25, -0.2) is 0 Å². The number of nitrogens with zero attached hydrogens (tertiary/aromatic N) is 2. The maximum Gasteiger partial charge on any atom is 0.0596 e. The smallest absolute Gasteiger partial charge is 0.0596 e. The predicted octanol–water partition coefficient (Wildman–Crippen LogP) is 1.27. The summed E-state index contributed by atoms with van der Waals surface area (Å²) in [6.45, 7) is 4.42. The molecule has 3 nitrogen and oxygen atoms in total. The van der Waals surface area contributed by atoms with Gasteiger partial charge in [0, 0.05) is 12.7 Å². The van der Waals surface area contributed by atoms with Gasteiger partial charge in [0.25, 0.3) is 0 Å². The SMILES string of the molecule is Cc1cc(CC2CCCNC2)n(C)n1. The molecule has 1 saturated heterocycles. The second-order valence-electron chi connectivity index (χ2n) is 4.32. The fourth-order valence-electron chi connectivity index (χ4n) is 2.25. The second kappa shape index (κ2) is 4.13.